The first-order valence-electron chi connectivity index (χ1n) is 11.1. The van der Waals surface area contributed by atoms with E-state index in [9.17, 15) is 0 Å². The second-order valence-corrected chi connectivity index (χ2v) is 9.28. The highest BCUT2D eigenvalue weighted by Crippen LogP contribution is 2.41. The highest BCUT2D eigenvalue weighted by molar-refractivity contribution is 6.03. The van der Waals surface area contributed by atoms with Crippen LogP contribution < -0.4 is 20.3 Å². The molecule has 0 unspecified atom stereocenters. The fourth-order valence-electron chi connectivity index (χ4n) is 4.88. The van der Waals surface area contributed by atoms with Gasteiger partial charge in [0.05, 0.1) is 24.5 Å². The molecule has 5 heterocycles. The molecule has 2 saturated heterocycles. The summed E-state index contributed by atoms with van der Waals surface area (Å²) in [6.07, 6.45) is 5.86. The molecule has 1 spiro atoms. The summed E-state index contributed by atoms with van der Waals surface area (Å²) in [5, 5.41) is 8.83. The fourth-order valence-corrected chi connectivity index (χ4v) is 4.88. The van der Waals surface area contributed by atoms with Crippen molar-refractivity contribution in [3.8, 4) is 5.75 Å². The topological polar surface area (TPSA) is 80.1 Å². The molecule has 2 aliphatic rings. The van der Waals surface area contributed by atoms with Crippen LogP contribution in [0.1, 0.15) is 19.9 Å². The summed E-state index contributed by atoms with van der Waals surface area (Å²) >= 11 is 0. The van der Waals surface area contributed by atoms with E-state index < -0.39 is 0 Å². The summed E-state index contributed by atoms with van der Waals surface area (Å²) in [6.45, 7) is 8.65. The maximum absolute atomic E-state index is 5.68. The van der Waals surface area contributed by atoms with Gasteiger partial charge in [0.25, 0.3) is 0 Å². The van der Waals surface area contributed by atoms with Crippen LogP contribution in [0.2, 0.25) is 0 Å². The number of methoxy groups -OCH3 is 1. The molecule has 164 valence electrons. The van der Waals surface area contributed by atoms with E-state index in [4.69, 9.17) is 9.72 Å². The molecule has 0 amide bonds. The van der Waals surface area contributed by atoms with Crippen molar-refractivity contribution in [1.29, 1.82) is 0 Å². The average Bonchev–Trinajstić information content (AvgIpc) is 3.17. The van der Waals surface area contributed by atoms with E-state index in [2.05, 4.69) is 68.3 Å². The lowest BCUT2D eigenvalue weighted by Gasteiger charge is -2.57. The van der Waals surface area contributed by atoms with E-state index in [1.165, 1.54) is 5.39 Å². The molecule has 8 nitrogen and oxygen atoms in total. The Hall–Kier alpha value is -3.39. The summed E-state index contributed by atoms with van der Waals surface area (Å²) in [5.74, 6) is 1.99. The van der Waals surface area contributed by atoms with Crippen LogP contribution in [0.5, 0.6) is 5.75 Å². The molecule has 2 N–H and O–H groups in total. The minimum Gasteiger partial charge on any atom is -0.494 e. The van der Waals surface area contributed by atoms with Crippen molar-refractivity contribution >= 4 is 39.3 Å². The van der Waals surface area contributed by atoms with Crippen LogP contribution in [0.4, 0.5) is 17.5 Å². The Morgan fingerprint density at radius 3 is 2.62 bits per heavy atom. The van der Waals surface area contributed by atoms with Gasteiger partial charge in [-0.3, -0.25) is 0 Å². The SMILES string of the molecule is COc1cc(Nc2ncc3ccc4ccn(C(C)C)c4c3n2)ncc1N1CC2(CNC2)C1. The molecule has 4 aromatic rings. The van der Waals surface area contributed by atoms with Gasteiger partial charge in [-0.25, -0.2) is 15.0 Å². The number of anilines is 3. The number of ether oxygens (including phenoxy) is 1. The monoisotopic (exact) mass is 429 g/mol. The molecule has 0 bridgehead atoms. The van der Waals surface area contributed by atoms with Crippen molar-refractivity contribution in [3.05, 3.63) is 42.9 Å². The second kappa shape index (κ2) is 7.06. The van der Waals surface area contributed by atoms with Crippen molar-refractivity contribution in [2.24, 2.45) is 5.41 Å². The van der Waals surface area contributed by atoms with Gasteiger partial charge in [-0.15, -0.1) is 0 Å². The molecule has 3 aromatic heterocycles. The van der Waals surface area contributed by atoms with Gasteiger partial charge >= 0.3 is 0 Å². The number of nitrogens with zero attached hydrogens (tertiary/aromatic N) is 5. The fraction of sp³-hybridized carbons (Fsp3) is 0.375. The first-order chi connectivity index (χ1) is 15.5. The van der Waals surface area contributed by atoms with Gasteiger partial charge in [0, 0.05) is 66.9 Å². The molecule has 8 heteroatoms. The number of benzene rings is 1. The van der Waals surface area contributed by atoms with Crippen LogP contribution >= 0.6 is 0 Å². The number of nitrogens with one attached hydrogen (secondary N) is 2. The van der Waals surface area contributed by atoms with E-state index in [0.717, 1.165) is 54.0 Å². The number of hydrogen-bond acceptors (Lipinski definition) is 7. The number of pyridine rings is 1. The highest BCUT2D eigenvalue weighted by atomic mass is 16.5. The summed E-state index contributed by atoms with van der Waals surface area (Å²) in [6, 6.07) is 8.59. The van der Waals surface area contributed by atoms with Gasteiger partial charge in [0.2, 0.25) is 5.95 Å². The Labute approximate surface area is 186 Å². The third-order valence-electron chi connectivity index (χ3n) is 6.69. The Balaban J connectivity index is 1.31. The molecular formula is C24H27N7O. The van der Waals surface area contributed by atoms with Gasteiger partial charge in [-0.2, -0.15) is 0 Å². The normalized spacial score (nSPS) is 17.1. The summed E-state index contributed by atoms with van der Waals surface area (Å²) in [5.41, 5.74) is 3.54. The molecule has 1 aromatic carbocycles. The summed E-state index contributed by atoms with van der Waals surface area (Å²) in [7, 11) is 1.70. The van der Waals surface area contributed by atoms with Gasteiger partial charge < -0.3 is 24.8 Å². The van der Waals surface area contributed by atoms with E-state index in [-0.39, 0.29) is 0 Å². The number of rotatable bonds is 5. The van der Waals surface area contributed by atoms with Crippen molar-refractivity contribution in [1.82, 2.24) is 24.8 Å². The third kappa shape index (κ3) is 2.97. The van der Waals surface area contributed by atoms with Crippen molar-refractivity contribution in [3.63, 3.8) is 0 Å². The van der Waals surface area contributed by atoms with Gasteiger partial charge in [0.15, 0.2) is 0 Å². The van der Waals surface area contributed by atoms with Crippen LogP contribution in [0.15, 0.2) is 42.9 Å². The number of aromatic nitrogens is 4. The molecule has 32 heavy (non-hydrogen) atoms. The number of hydrogen-bond donors (Lipinski definition) is 2. The smallest absolute Gasteiger partial charge is 0.228 e. The van der Waals surface area contributed by atoms with Crippen LogP contribution in [0.25, 0.3) is 21.8 Å². The van der Waals surface area contributed by atoms with E-state index in [1.807, 2.05) is 18.5 Å². The molecule has 0 saturated carbocycles. The summed E-state index contributed by atoms with van der Waals surface area (Å²) < 4.78 is 7.93. The molecule has 0 atom stereocenters. The Bertz CT molecular complexity index is 1320. The predicted octanol–water partition coefficient (Wildman–Crippen LogP) is 3.72. The predicted molar refractivity (Wildman–Crippen MR) is 127 cm³/mol. The van der Waals surface area contributed by atoms with Gasteiger partial charge in [-0.05, 0) is 19.9 Å². The quantitative estimate of drug-likeness (QED) is 0.500. The van der Waals surface area contributed by atoms with Gasteiger partial charge in [-0.1, -0.05) is 12.1 Å². The van der Waals surface area contributed by atoms with Crippen LogP contribution in [-0.2, 0) is 0 Å². The third-order valence-corrected chi connectivity index (χ3v) is 6.69. The first kappa shape index (κ1) is 19.3. The summed E-state index contributed by atoms with van der Waals surface area (Å²) in [4.78, 5) is 16.3. The Kier molecular flexibility index (Phi) is 4.26. The zero-order valence-corrected chi connectivity index (χ0v) is 18.6. The maximum Gasteiger partial charge on any atom is 0.228 e. The Morgan fingerprint density at radius 2 is 1.91 bits per heavy atom. The lowest BCUT2D eigenvalue weighted by atomic mass is 9.74. The van der Waals surface area contributed by atoms with Crippen LogP contribution in [-0.4, -0.2) is 52.8 Å². The zero-order valence-electron chi connectivity index (χ0n) is 18.6. The van der Waals surface area contributed by atoms with Crippen molar-refractivity contribution in [2.75, 3.05) is 43.5 Å². The molecule has 6 rings (SSSR count). The van der Waals surface area contributed by atoms with Gasteiger partial charge in [0.1, 0.15) is 17.1 Å². The van der Waals surface area contributed by atoms with Crippen molar-refractivity contribution in [2.45, 2.75) is 19.9 Å². The first-order valence-corrected chi connectivity index (χ1v) is 11.1. The van der Waals surface area contributed by atoms with E-state index in [0.29, 0.717) is 23.2 Å². The molecule has 0 radical (unpaired) electrons. The van der Waals surface area contributed by atoms with E-state index in [1.54, 1.807) is 7.11 Å². The molecular weight excluding hydrogens is 402 g/mol. The lowest BCUT2D eigenvalue weighted by molar-refractivity contribution is 0.120. The molecule has 0 aliphatic carbocycles. The van der Waals surface area contributed by atoms with E-state index >= 15 is 0 Å². The standard InChI is InChI=1S/C24H27N7O/c1-15(2)31-7-6-16-4-5-17-9-27-23(29-21(17)22(16)31)28-20-8-19(32-3)18(10-26-20)30-13-24(14-30)11-25-12-24/h4-10,15,25H,11-14H2,1-3H3,(H,26,27,28,29). The average molecular weight is 430 g/mol. The second-order valence-electron chi connectivity index (χ2n) is 9.28. The van der Waals surface area contributed by atoms with Crippen LogP contribution in [0, 0.1) is 5.41 Å². The van der Waals surface area contributed by atoms with Crippen LogP contribution in [0.3, 0.4) is 0 Å². The molecule has 2 fully saturated rings. The van der Waals surface area contributed by atoms with Crippen molar-refractivity contribution < 1.29 is 4.74 Å². The largest absolute Gasteiger partial charge is 0.494 e. The highest BCUT2D eigenvalue weighted by Gasteiger charge is 2.48. The lowest BCUT2D eigenvalue weighted by Crippen LogP contribution is -2.71. The number of fused-ring (bicyclic) bond motifs is 3. The zero-order chi connectivity index (χ0) is 21.9. The minimum atomic E-state index is 0.347. The Morgan fingerprint density at radius 1 is 1.09 bits per heavy atom. The minimum absolute atomic E-state index is 0.347. The maximum atomic E-state index is 5.68. The molecule has 2 aliphatic heterocycles.